The monoisotopic (exact) mass is 477 g/mol. The van der Waals surface area contributed by atoms with Gasteiger partial charge in [0.15, 0.2) is 0 Å². The lowest BCUT2D eigenvalue weighted by Crippen LogP contribution is -2.48. The normalized spacial score (nSPS) is 19.1. The van der Waals surface area contributed by atoms with Gasteiger partial charge in [-0.3, -0.25) is 9.59 Å². The van der Waals surface area contributed by atoms with E-state index in [1.807, 2.05) is 0 Å². The molecule has 32 heavy (non-hydrogen) atoms. The maximum absolute atomic E-state index is 13.2. The first kappa shape index (κ1) is 28.0. The molecule has 3 unspecified atom stereocenters. The third kappa shape index (κ3) is 8.85. The number of hydrogen-bond donors (Lipinski definition) is 0. The summed E-state index contributed by atoms with van der Waals surface area (Å²) in [5.74, 6) is -6.27. The summed E-state index contributed by atoms with van der Waals surface area (Å²) in [7, 11) is 0. The number of ether oxygens (including phenoxy) is 2. The smallest absolute Gasteiger partial charge is 0.416 e. The Morgan fingerprint density at radius 2 is 1.59 bits per heavy atom. The number of unbranched alkanes of at least 4 members (excludes halogenated alkanes) is 1. The van der Waals surface area contributed by atoms with Crippen molar-refractivity contribution >= 4 is 18.0 Å². The molecule has 1 saturated heterocycles. The van der Waals surface area contributed by atoms with Crippen molar-refractivity contribution in [2.24, 2.45) is 17.8 Å². The Morgan fingerprint density at radius 3 is 2.06 bits per heavy atom. The molecule has 186 valence electrons. The van der Waals surface area contributed by atoms with E-state index in [1.165, 1.54) is 0 Å². The van der Waals surface area contributed by atoms with E-state index in [0.717, 1.165) is 0 Å². The zero-order valence-electron chi connectivity index (χ0n) is 18.2. The van der Waals surface area contributed by atoms with Gasteiger partial charge in [-0.25, -0.2) is 9.69 Å². The predicted molar refractivity (Wildman–Crippen MR) is 100 cm³/mol. The van der Waals surface area contributed by atoms with E-state index >= 15 is 0 Å². The minimum atomic E-state index is -4.72. The van der Waals surface area contributed by atoms with Crippen molar-refractivity contribution in [3.63, 3.8) is 0 Å². The molecule has 12 heteroatoms. The molecule has 0 aliphatic carbocycles. The quantitative estimate of drug-likeness (QED) is 0.231. The summed E-state index contributed by atoms with van der Waals surface area (Å²) in [5, 5.41) is 0. The molecule has 1 aliphatic heterocycles. The lowest BCUT2D eigenvalue weighted by molar-refractivity contribution is -0.165. The number of carbonyl (C=O) groups excluding carboxylic acids is 3. The van der Waals surface area contributed by atoms with E-state index in [4.69, 9.17) is 9.47 Å². The molecule has 0 saturated carbocycles. The van der Waals surface area contributed by atoms with Crippen LogP contribution in [0.2, 0.25) is 0 Å². The largest absolute Gasteiger partial charge is 0.465 e. The third-order valence-corrected chi connectivity index (χ3v) is 5.24. The van der Waals surface area contributed by atoms with Crippen LogP contribution in [0, 0.1) is 17.8 Å². The molecule has 2 amide bonds. The van der Waals surface area contributed by atoms with Crippen LogP contribution in [-0.2, 0) is 19.1 Å². The van der Waals surface area contributed by atoms with Crippen LogP contribution in [0.25, 0.3) is 0 Å². The Labute approximate surface area is 182 Å². The van der Waals surface area contributed by atoms with E-state index in [1.54, 1.807) is 20.8 Å². The molecule has 6 nitrogen and oxygen atoms in total. The first-order chi connectivity index (χ1) is 14.7. The average molecular weight is 477 g/mol. The Kier molecular flexibility index (Phi) is 10.3. The number of esters is 1. The zero-order chi connectivity index (χ0) is 24.7. The molecule has 0 radical (unpaired) electrons. The summed E-state index contributed by atoms with van der Waals surface area (Å²) in [6, 6.07) is -0.803. The summed E-state index contributed by atoms with van der Waals surface area (Å²) in [4.78, 5) is 38.5. The Bertz CT molecular complexity index is 649. The lowest BCUT2D eigenvalue weighted by atomic mass is 9.83. The van der Waals surface area contributed by atoms with E-state index in [0.29, 0.717) is 17.7 Å². The molecule has 1 aliphatic rings. The number of cyclic esters (lactones) is 1. The zero-order valence-corrected chi connectivity index (χ0v) is 18.2. The van der Waals surface area contributed by atoms with Crippen LogP contribution in [0.5, 0.6) is 0 Å². The molecule has 1 rings (SSSR count). The highest BCUT2D eigenvalue weighted by molar-refractivity contribution is 5.96. The Balaban J connectivity index is 3.28. The molecule has 0 bridgehead atoms. The first-order valence-corrected chi connectivity index (χ1v) is 10.5. The Hall–Kier alpha value is -2.01. The molecule has 0 N–H and O–H groups in total. The fraction of sp³-hybridized carbons (Fsp3) is 0.850. The molecule has 0 aromatic rings. The maximum atomic E-state index is 13.2. The van der Waals surface area contributed by atoms with Gasteiger partial charge in [0.05, 0.1) is 24.5 Å². The van der Waals surface area contributed by atoms with Crippen molar-refractivity contribution in [2.75, 3.05) is 13.2 Å². The summed E-state index contributed by atoms with van der Waals surface area (Å²) >= 11 is 0. The molecular weight excluding hydrogens is 448 g/mol. The highest BCUT2D eigenvalue weighted by atomic mass is 19.4. The average Bonchev–Trinajstić information content (AvgIpc) is 3.04. The van der Waals surface area contributed by atoms with Crippen molar-refractivity contribution in [1.29, 1.82) is 0 Å². The van der Waals surface area contributed by atoms with Crippen molar-refractivity contribution in [2.45, 2.75) is 77.7 Å². The highest BCUT2D eigenvalue weighted by Gasteiger charge is 2.47. The van der Waals surface area contributed by atoms with Crippen molar-refractivity contribution in [3.8, 4) is 0 Å². The minimum absolute atomic E-state index is 0.140. The van der Waals surface area contributed by atoms with Crippen LogP contribution < -0.4 is 0 Å². The molecular formula is C20H29F6NO5. The van der Waals surface area contributed by atoms with Gasteiger partial charge in [0.25, 0.3) is 0 Å². The van der Waals surface area contributed by atoms with Gasteiger partial charge in [0.2, 0.25) is 5.91 Å². The number of imide groups is 1. The van der Waals surface area contributed by atoms with E-state index < -0.39 is 73.9 Å². The minimum Gasteiger partial charge on any atom is -0.465 e. The van der Waals surface area contributed by atoms with Crippen LogP contribution in [0.4, 0.5) is 31.1 Å². The fourth-order valence-corrected chi connectivity index (χ4v) is 3.40. The van der Waals surface area contributed by atoms with Gasteiger partial charge in [-0.1, -0.05) is 27.2 Å². The second-order valence-corrected chi connectivity index (χ2v) is 8.14. The summed E-state index contributed by atoms with van der Waals surface area (Å²) in [5.41, 5.74) is 0. The van der Waals surface area contributed by atoms with Crippen LogP contribution in [-0.4, -0.2) is 54.5 Å². The summed E-state index contributed by atoms with van der Waals surface area (Å²) < 4.78 is 87.1. The van der Waals surface area contributed by atoms with Gasteiger partial charge in [-0.05, 0) is 25.2 Å². The number of hydrogen-bond acceptors (Lipinski definition) is 5. The van der Waals surface area contributed by atoms with Crippen molar-refractivity contribution < 1.29 is 50.2 Å². The summed E-state index contributed by atoms with van der Waals surface area (Å²) in [6.45, 7) is 4.74. The number of halogens is 6. The van der Waals surface area contributed by atoms with Crippen molar-refractivity contribution in [3.05, 3.63) is 0 Å². The fourth-order valence-electron chi connectivity index (χ4n) is 3.40. The van der Waals surface area contributed by atoms with E-state index in [9.17, 15) is 40.7 Å². The van der Waals surface area contributed by atoms with Crippen molar-refractivity contribution in [1.82, 2.24) is 4.90 Å². The second kappa shape index (κ2) is 11.7. The SMILES string of the molecule is CCCCOC(=O)C(CCC(F)(F)F)C(CCC(F)(F)F)C(=O)N1C(=O)OCC1C(C)C. The van der Waals surface area contributed by atoms with E-state index in [2.05, 4.69) is 0 Å². The van der Waals surface area contributed by atoms with Crippen LogP contribution in [0.1, 0.15) is 59.3 Å². The van der Waals surface area contributed by atoms with Gasteiger partial charge in [-0.2, -0.15) is 26.3 Å². The summed E-state index contributed by atoms with van der Waals surface area (Å²) in [6.07, 6.45) is -14.4. The topological polar surface area (TPSA) is 72.9 Å². The second-order valence-electron chi connectivity index (χ2n) is 8.14. The molecule has 0 aromatic heterocycles. The van der Waals surface area contributed by atoms with Gasteiger partial charge in [-0.15, -0.1) is 0 Å². The predicted octanol–water partition coefficient (Wildman–Crippen LogP) is 5.25. The molecule has 3 atom stereocenters. The van der Waals surface area contributed by atoms with Gasteiger partial charge >= 0.3 is 24.4 Å². The van der Waals surface area contributed by atoms with Crippen LogP contribution >= 0.6 is 0 Å². The molecule has 0 aromatic carbocycles. The van der Waals surface area contributed by atoms with Gasteiger partial charge in [0, 0.05) is 12.8 Å². The van der Waals surface area contributed by atoms with E-state index in [-0.39, 0.29) is 19.1 Å². The number of alkyl halides is 6. The molecule has 0 spiro atoms. The van der Waals surface area contributed by atoms with Crippen LogP contribution in [0.15, 0.2) is 0 Å². The number of rotatable bonds is 11. The third-order valence-electron chi connectivity index (χ3n) is 5.24. The van der Waals surface area contributed by atoms with Gasteiger partial charge < -0.3 is 9.47 Å². The first-order valence-electron chi connectivity index (χ1n) is 10.5. The maximum Gasteiger partial charge on any atom is 0.416 e. The standard InChI is InChI=1S/C20H29F6NO5/c1-4-5-10-31-17(29)14(7-9-20(24,25)26)13(6-8-19(21,22)23)16(28)27-15(12(2)3)11-32-18(27)30/h12-15H,4-11H2,1-3H3. The number of amides is 2. The number of carbonyl (C=O) groups is 3. The Morgan fingerprint density at radius 1 is 1.06 bits per heavy atom. The number of nitrogens with zero attached hydrogens (tertiary/aromatic N) is 1. The van der Waals surface area contributed by atoms with Gasteiger partial charge in [0.1, 0.15) is 6.61 Å². The molecule has 1 heterocycles. The lowest BCUT2D eigenvalue weighted by Gasteiger charge is -2.31. The van der Waals surface area contributed by atoms with Crippen LogP contribution in [0.3, 0.4) is 0 Å². The molecule has 1 fully saturated rings. The highest BCUT2D eigenvalue weighted by Crippen LogP contribution is 2.35.